The van der Waals surface area contributed by atoms with Crippen LogP contribution < -0.4 is 5.32 Å². The summed E-state index contributed by atoms with van der Waals surface area (Å²) in [4.78, 5) is 16.0. The molecule has 4 nitrogen and oxygen atoms in total. The lowest BCUT2D eigenvalue weighted by atomic mass is 10.1. The smallest absolute Gasteiger partial charge is 0.224 e. The molecule has 3 rings (SSSR count). The Hall–Kier alpha value is -2.62. The van der Waals surface area contributed by atoms with Gasteiger partial charge >= 0.3 is 0 Å². The van der Waals surface area contributed by atoms with Gasteiger partial charge in [-0.3, -0.25) is 4.79 Å². The summed E-state index contributed by atoms with van der Waals surface area (Å²) in [6.45, 7) is 2.52. The number of rotatable bonds is 4. The maximum atomic E-state index is 11.9. The van der Waals surface area contributed by atoms with Crippen LogP contribution in [0.4, 0.5) is 0 Å². The fourth-order valence-electron chi connectivity index (χ4n) is 2.16. The Bertz CT molecular complexity index is 760. The van der Waals surface area contributed by atoms with E-state index in [9.17, 15) is 4.79 Å². The third-order valence-corrected chi connectivity index (χ3v) is 3.37. The molecule has 21 heavy (non-hydrogen) atoms. The highest BCUT2D eigenvalue weighted by molar-refractivity contribution is 5.79. The molecule has 1 N–H and O–H groups in total. The van der Waals surface area contributed by atoms with Crippen molar-refractivity contribution in [2.75, 3.05) is 0 Å². The van der Waals surface area contributed by atoms with Gasteiger partial charge in [0.25, 0.3) is 0 Å². The molecule has 1 aromatic heterocycles. The molecule has 0 bridgehead atoms. The zero-order valence-electron chi connectivity index (χ0n) is 11.8. The first kappa shape index (κ1) is 13.4. The Morgan fingerprint density at radius 3 is 2.71 bits per heavy atom. The zero-order chi connectivity index (χ0) is 14.7. The van der Waals surface area contributed by atoms with E-state index < -0.39 is 0 Å². The van der Waals surface area contributed by atoms with Crippen molar-refractivity contribution in [3.05, 3.63) is 65.5 Å². The van der Waals surface area contributed by atoms with Gasteiger partial charge < -0.3 is 9.73 Å². The molecular weight excluding hydrogens is 264 g/mol. The predicted molar refractivity (Wildman–Crippen MR) is 80.7 cm³/mol. The molecule has 1 heterocycles. The Morgan fingerprint density at radius 1 is 1.14 bits per heavy atom. The number of nitrogens with one attached hydrogen (secondary N) is 1. The minimum absolute atomic E-state index is 0.0107. The highest BCUT2D eigenvalue weighted by Gasteiger charge is 2.05. The van der Waals surface area contributed by atoms with Crippen LogP contribution in [-0.4, -0.2) is 10.9 Å². The van der Waals surface area contributed by atoms with E-state index in [1.807, 2.05) is 49.4 Å². The monoisotopic (exact) mass is 280 g/mol. The standard InChI is InChI=1S/C17H16N2O2/c1-12-2-4-13(5-3-12)9-17(20)18-10-14-6-7-15-16(8-14)21-11-19-15/h2-8,11H,9-10H2,1H3,(H,18,20). The van der Waals surface area contributed by atoms with Gasteiger partial charge in [-0.1, -0.05) is 35.9 Å². The molecular formula is C17H16N2O2. The molecule has 0 aliphatic carbocycles. The van der Waals surface area contributed by atoms with Crippen molar-refractivity contribution in [2.45, 2.75) is 19.9 Å². The Kier molecular flexibility index (Phi) is 3.69. The predicted octanol–water partition coefficient (Wildman–Crippen LogP) is 3.00. The van der Waals surface area contributed by atoms with Gasteiger partial charge in [0, 0.05) is 6.54 Å². The first-order valence-corrected chi connectivity index (χ1v) is 6.85. The number of aromatic nitrogens is 1. The molecule has 106 valence electrons. The molecule has 0 fully saturated rings. The van der Waals surface area contributed by atoms with Crippen LogP contribution in [0.15, 0.2) is 53.3 Å². The summed E-state index contributed by atoms with van der Waals surface area (Å²) in [5.74, 6) is 0.0107. The van der Waals surface area contributed by atoms with E-state index >= 15 is 0 Å². The van der Waals surface area contributed by atoms with Crippen LogP contribution in [0.2, 0.25) is 0 Å². The fourth-order valence-corrected chi connectivity index (χ4v) is 2.16. The van der Waals surface area contributed by atoms with Crippen molar-refractivity contribution < 1.29 is 9.21 Å². The first-order valence-electron chi connectivity index (χ1n) is 6.85. The van der Waals surface area contributed by atoms with Crippen LogP contribution in [0.3, 0.4) is 0 Å². The average Bonchev–Trinajstić information content (AvgIpc) is 2.95. The van der Waals surface area contributed by atoms with Crippen LogP contribution >= 0.6 is 0 Å². The molecule has 4 heteroatoms. The summed E-state index contributed by atoms with van der Waals surface area (Å²) < 4.78 is 5.25. The fraction of sp³-hybridized carbons (Fsp3) is 0.176. The molecule has 3 aromatic rings. The van der Waals surface area contributed by atoms with Gasteiger partial charge in [0.15, 0.2) is 12.0 Å². The van der Waals surface area contributed by atoms with Crippen molar-refractivity contribution in [3.8, 4) is 0 Å². The summed E-state index contributed by atoms with van der Waals surface area (Å²) in [6, 6.07) is 13.7. The lowest BCUT2D eigenvalue weighted by molar-refractivity contribution is -0.120. The minimum atomic E-state index is 0.0107. The second-order valence-corrected chi connectivity index (χ2v) is 5.09. The topological polar surface area (TPSA) is 55.1 Å². The van der Waals surface area contributed by atoms with Crippen LogP contribution in [0.1, 0.15) is 16.7 Å². The Morgan fingerprint density at radius 2 is 1.90 bits per heavy atom. The number of carbonyl (C=O) groups excluding carboxylic acids is 1. The van der Waals surface area contributed by atoms with Crippen LogP contribution in [0.25, 0.3) is 11.1 Å². The van der Waals surface area contributed by atoms with Crippen LogP contribution in [0, 0.1) is 6.92 Å². The number of benzene rings is 2. The first-order chi connectivity index (χ1) is 10.2. The maximum absolute atomic E-state index is 11.9. The second kappa shape index (κ2) is 5.79. The number of aryl methyl sites for hydroxylation is 1. The van der Waals surface area contributed by atoms with Crippen LogP contribution in [-0.2, 0) is 17.8 Å². The van der Waals surface area contributed by atoms with E-state index in [-0.39, 0.29) is 5.91 Å². The van der Waals surface area contributed by atoms with Gasteiger partial charge in [-0.2, -0.15) is 0 Å². The quantitative estimate of drug-likeness (QED) is 0.799. The summed E-state index contributed by atoms with van der Waals surface area (Å²) in [6.07, 6.45) is 1.81. The highest BCUT2D eigenvalue weighted by Crippen LogP contribution is 2.14. The lowest BCUT2D eigenvalue weighted by Crippen LogP contribution is -2.24. The average molecular weight is 280 g/mol. The van der Waals surface area contributed by atoms with E-state index in [1.54, 1.807) is 0 Å². The molecule has 0 atom stereocenters. The molecule has 0 saturated heterocycles. The molecule has 0 saturated carbocycles. The number of hydrogen-bond acceptors (Lipinski definition) is 3. The molecule has 1 amide bonds. The van der Waals surface area contributed by atoms with E-state index in [0.717, 1.165) is 22.2 Å². The maximum Gasteiger partial charge on any atom is 0.224 e. The molecule has 2 aromatic carbocycles. The van der Waals surface area contributed by atoms with Crippen molar-refractivity contribution in [2.24, 2.45) is 0 Å². The van der Waals surface area contributed by atoms with Gasteiger partial charge in [0.05, 0.1) is 6.42 Å². The summed E-state index contributed by atoms with van der Waals surface area (Å²) in [5, 5.41) is 2.92. The van der Waals surface area contributed by atoms with Gasteiger partial charge in [0.1, 0.15) is 5.52 Å². The van der Waals surface area contributed by atoms with E-state index in [4.69, 9.17) is 4.42 Å². The van der Waals surface area contributed by atoms with Gasteiger partial charge in [-0.25, -0.2) is 4.98 Å². The molecule has 0 aliphatic rings. The number of nitrogens with zero attached hydrogens (tertiary/aromatic N) is 1. The van der Waals surface area contributed by atoms with E-state index in [1.165, 1.54) is 12.0 Å². The lowest BCUT2D eigenvalue weighted by Gasteiger charge is -2.06. The van der Waals surface area contributed by atoms with Gasteiger partial charge in [-0.15, -0.1) is 0 Å². The third-order valence-electron chi connectivity index (χ3n) is 3.37. The van der Waals surface area contributed by atoms with Crippen molar-refractivity contribution in [3.63, 3.8) is 0 Å². The highest BCUT2D eigenvalue weighted by atomic mass is 16.3. The van der Waals surface area contributed by atoms with Crippen LogP contribution in [0.5, 0.6) is 0 Å². The van der Waals surface area contributed by atoms with Crippen molar-refractivity contribution >= 4 is 17.0 Å². The van der Waals surface area contributed by atoms with Crippen molar-refractivity contribution in [1.82, 2.24) is 10.3 Å². The molecule has 0 unspecified atom stereocenters. The van der Waals surface area contributed by atoms with E-state index in [2.05, 4.69) is 10.3 Å². The number of fused-ring (bicyclic) bond motifs is 1. The minimum Gasteiger partial charge on any atom is -0.443 e. The number of carbonyl (C=O) groups is 1. The summed E-state index contributed by atoms with van der Waals surface area (Å²) in [5.41, 5.74) is 4.77. The zero-order valence-corrected chi connectivity index (χ0v) is 11.8. The Labute approximate surface area is 122 Å². The van der Waals surface area contributed by atoms with Crippen molar-refractivity contribution in [1.29, 1.82) is 0 Å². The number of oxazole rings is 1. The molecule has 0 radical (unpaired) electrons. The van der Waals surface area contributed by atoms with E-state index in [0.29, 0.717) is 13.0 Å². The summed E-state index contributed by atoms with van der Waals surface area (Å²) >= 11 is 0. The summed E-state index contributed by atoms with van der Waals surface area (Å²) in [7, 11) is 0. The molecule has 0 spiro atoms. The third kappa shape index (κ3) is 3.28. The largest absolute Gasteiger partial charge is 0.443 e. The normalized spacial score (nSPS) is 10.7. The number of hydrogen-bond donors (Lipinski definition) is 1. The second-order valence-electron chi connectivity index (χ2n) is 5.09. The molecule has 0 aliphatic heterocycles. The number of amides is 1. The van der Waals surface area contributed by atoms with Gasteiger partial charge in [-0.05, 0) is 30.2 Å². The van der Waals surface area contributed by atoms with Gasteiger partial charge in [0.2, 0.25) is 5.91 Å². The Balaban J connectivity index is 1.58. The SMILES string of the molecule is Cc1ccc(CC(=O)NCc2ccc3ncoc3c2)cc1.